The third-order valence-corrected chi connectivity index (χ3v) is 6.78. The molecule has 1 unspecified atom stereocenters. The smallest absolute Gasteiger partial charge is 0.0344 e. The van der Waals surface area contributed by atoms with Crippen LogP contribution in [0.5, 0.6) is 0 Å². The van der Waals surface area contributed by atoms with Crippen molar-refractivity contribution in [3.63, 3.8) is 0 Å². The Morgan fingerprint density at radius 3 is 1.67 bits per heavy atom. The third-order valence-electron chi connectivity index (χ3n) is 6.78. The molecule has 2 heterocycles. The average Bonchev–Trinajstić information content (AvgIpc) is 2.85. The van der Waals surface area contributed by atoms with E-state index in [0.717, 1.165) is 12.1 Å². The van der Waals surface area contributed by atoms with Crippen LogP contribution in [0.4, 0.5) is 0 Å². The summed E-state index contributed by atoms with van der Waals surface area (Å²) < 4.78 is 0. The van der Waals surface area contributed by atoms with E-state index in [-0.39, 0.29) is 0 Å². The molecule has 2 aliphatic rings. The number of likely N-dealkylation sites (tertiary alicyclic amines) is 2. The Hall–Kier alpha value is -0.160. The largest absolute Gasteiger partial charge is 0.305 e. The van der Waals surface area contributed by atoms with E-state index in [1.54, 1.807) is 0 Å². The lowest BCUT2D eigenvalue weighted by molar-refractivity contribution is -0.0190. The minimum atomic E-state index is 0.335. The Labute approximate surface area is 151 Å². The van der Waals surface area contributed by atoms with Gasteiger partial charge >= 0.3 is 0 Å². The first kappa shape index (κ1) is 20.2. The summed E-state index contributed by atoms with van der Waals surface area (Å²) in [5, 5.41) is 0. The summed E-state index contributed by atoms with van der Waals surface area (Å²) in [5.41, 5.74) is 0.682. The van der Waals surface area contributed by atoms with Crippen molar-refractivity contribution in [2.45, 2.75) is 76.5 Å². The van der Waals surface area contributed by atoms with E-state index in [0.29, 0.717) is 11.1 Å². The summed E-state index contributed by atoms with van der Waals surface area (Å²) in [6.45, 7) is 14.7. The molecular formula is C20H42N4. The van der Waals surface area contributed by atoms with Crippen molar-refractivity contribution >= 4 is 0 Å². The summed E-state index contributed by atoms with van der Waals surface area (Å²) in [6, 6.07) is 1.50. The summed E-state index contributed by atoms with van der Waals surface area (Å²) >= 11 is 0. The van der Waals surface area contributed by atoms with Crippen LogP contribution in [0.25, 0.3) is 0 Å². The van der Waals surface area contributed by atoms with Crippen molar-refractivity contribution in [2.24, 2.45) is 0 Å². The molecule has 4 heteroatoms. The molecule has 0 aromatic heterocycles. The molecular weight excluding hydrogens is 296 g/mol. The fourth-order valence-corrected chi connectivity index (χ4v) is 4.26. The summed E-state index contributed by atoms with van der Waals surface area (Å²) in [7, 11) is 8.85. The SMILES string of the molecule is CN(C)C1CCN(C(C)(C)CCCC(C)(C)N2CC(N(C)C)C2)C1. The molecule has 2 aliphatic heterocycles. The van der Waals surface area contributed by atoms with E-state index < -0.39 is 0 Å². The first-order chi connectivity index (χ1) is 11.0. The predicted octanol–water partition coefficient (Wildman–Crippen LogP) is 2.60. The van der Waals surface area contributed by atoms with Gasteiger partial charge in [0, 0.05) is 49.3 Å². The lowest BCUT2D eigenvalue weighted by Crippen LogP contribution is -2.64. The number of nitrogens with zero attached hydrogens (tertiary/aromatic N) is 4. The van der Waals surface area contributed by atoms with Crippen molar-refractivity contribution in [1.29, 1.82) is 0 Å². The number of likely N-dealkylation sites (N-methyl/N-ethyl adjacent to an activating group) is 2. The van der Waals surface area contributed by atoms with Gasteiger partial charge in [0.15, 0.2) is 0 Å². The Balaban J connectivity index is 1.74. The summed E-state index contributed by atoms with van der Waals surface area (Å²) in [4.78, 5) is 10.1. The quantitative estimate of drug-likeness (QED) is 0.674. The molecule has 0 N–H and O–H groups in total. The maximum absolute atomic E-state index is 2.72. The molecule has 1 atom stereocenters. The Bertz CT molecular complexity index is 396. The van der Waals surface area contributed by atoms with Crippen molar-refractivity contribution < 1.29 is 0 Å². The molecule has 2 fully saturated rings. The zero-order valence-electron chi connectivity index (χ0n) is 17.6. The Morgan fingerprint density at radius 1 is 0.750 bits per heavy atom. The number of hydrogen-bond donors (Lipinski definition) is 0. The highest BCUT2D eigenvalue weighted by molar-refractivity contribution is 4.96. The Kier molecular flexibility index (Phi) is 6.39. The number of hydrogen-bond acceptors (Lipinski definition) is 4. The molecule has 0 amide bonds. The zero-order valence-corrected chi connectivity index (χ0v) is 17.6. The van der Waals surface area contributed by atoms with Gasteiger partial charge in [0.05, 0.1) is 0 Å². The molecule has 4 nitrogen and oxygen atoms in total. The predicted molar refractivity (Wildman–Crippen MR) is 105 cm³/mol. The highest BCUT2D eigenvalue weighted by Gasteiger charge is 2.39. The molecule has 0 spiro atoms. The zero-order chi connectivity index (χ0) is 18.1. The fraction of sp³-hybridized carbons (Fsp3) is 1.00. The van der Waals surface area contributed by atoms with Gasteiger partial charge in [-0.1, -0.05) is 0 Å². The molecule has 0 radical (unpaired) electrons. The molecule has 0 aromatic carbocycles. The van der Waals surface area contributed by atoms with Crippen LogP contribution in [-0.2, 0) is 0 Å². The summed E-state index contributed by atoms with van der Waals surface area (Å²) in [5.74, 6) is 0. The molecule has 0 bridgehead atoms. The van der Waals surface area contributed by atoms with E-state index >= 15 is 0 Å². The first-order valence-corrected chi connectivity index (χ1v) is 9.86. The van der Waals surface area contributed by atoms with Gasteiger partial charge in [0.25, 0.3) is 0 Å². The van der Waals surface area contributed by atoms with Gasteiger partial charge in [-0.25, -0.2) is 0 Å². The first-order valence-electron chi connectivity index (χ1n) is 9.86. The third kappa shape index (κ3) is 4.72. The second kappa shape index (κ2) is 7.61. The van der Waals surface area contributed by atoms with Crippen LogP contribution in [0.1, 0.15) is 53.4 Å². The van der Waals surface area contributed by atoms with Crippen LogP contribution < -0.4 is 0 Å². The molecule has 2 saturated heterocycles. The highest BCUT2D eigenvalue weighted by Crippen LogP contribution is 2.32. The Morgan fingerprint density at radius 2 is 1.21 bits per heavy atom. The lowest BCUT2D eigenvalue weighted by atomic mass is 9.86. The van der Waals surface area contributed by atoms with Crippen LogP contribution in [0.15, 0.2) is 0 Å². The minimum Gasteiger partial charge on any atom is -0.305 e. The summed E-state index contributed by atoms with van der Waals surface area (Å²) in [6.07, 6.45) is 5.26. The van der Waals surface area contributed by atoms with Crippen LogP contribution in [0.2, 0.25) is 0 Å². The second-order valence-corrected chi connectivity index (χ2v) is 9.85. The normalized spacial score (nSPS) is 25.0. The lowest BCUT2D eigenvalue weighted by Gasteiger charge is -2.51. The maximum atomic E-state index is 2.72. The molecule has 142 valence electrons. The molecule has 0 aromatic rings. The van der Waals surface area contributed by atoms with Crippen LogP contribution >= 0.6 is 0 Å². The van der Waals surface area contributed by atoms with Gasteiger partial charge in [-0.15, -0.1) is 0 Å². The molecule has 0 saturated carbocycles. The van der Waals surface area contributed by atoms with E-state index in [4.69, 9.17) is 0 Å². The highest BCUT2D eigenvalue weighted by atomic mass is 15.3. The van der Waals surface area contributed by atoms with Crippen molar-refractivity contribution in [1.82, 2.24) is 19.6 Å². The van der Waals surface area contributed by atoms with Crippen molar-refractivity contribution in [3.05, 3.63) is 0 Å². The van der Waals surface area contributed by atoms with Crippen LogP contribution in [0.3, 0.4) is 0 Å². The van der Waals surface area contributed by atoms with E-state index in [2.05, 4.69) is 75.5 Å². The standard InChI is InChI=1S/C20H42N4/c1-19(2,23-13-10-17(14-23)21(5)6)11-9-12-20(3,4)24-15-18(16-24)22(7)8/h17-18H,9-16H2,1-8H3. The van der Waals surface area contributed by atoms with Crippen LogP contribution in [-0.4, -0.2) is 97.1 Å². The van der Waals surface area contributed by atoms with E-state index in [1.165, 1.54) is 51.9 Å². The molecule has 0 aliphatic carbocycles. The second-order valence-electron chi connectivity index (χ2n) is 9.85. The maximum Gasteiger partial charge on any atom is 0.0344 e. The molecule has 2 rings (SSSR count). The minimum absolute atomic E-state index is 0.335. The van der Waals surface area contributed by atoms with Gasteiger partial charge in [0.1, 0.15) is 0 Å². The molecule has 24 heavy (non-hydrogen) atoms. The topological polar surface area (TPSA) is 13.0 Å². The van der Waals surface area contributed by atoms with Gasteiger partial charge < -0.3 is 9.80 Å². The van der Waals surface area contributed by atoms with E-state index in [1.807, 2.05) is 0 Å². The monoisotopic (exact) mass is 338 g/mol. The average molecular weight is 339 g/mol. The van der Waals surface area contributed by atoms with Gasteiger partial charge in [-0.05, 0) is 81.6 Å². The van der Waals surface area contributed by atoms with Crippen molar-refractivity contribution in [2.75, 3.05) is 54.4 Å². The van der Waals surface area contributed by atoms with Crippen LogP contribution in [0, 0.1) is 0 Å². The van der Waals surface area contributed by atoms with Gasteiger partial charge in [0.2, 0.25) is 0 Å². The van der Waals surface area contributed by atoms with Gasteiger partial charge in [-0.2, -0.15) is 0 Å². The van der Waals surface area contributed by atoms with Crippen molar-refractivity contribution in [3.8, 4) is 0 Å². The fourth-order valence-electron chi connectivity index (χ4n) is 4.26. The number of rotatable bonds is 8. The van der Waals surface area contributed by atoms with E-state index in [9.17, 15) is 0 Å². The van der Waals surface area contributed by atoms with Gasteiger partial charge in [-0.3, -0.25) is 9.80 Å².